The molecule has 3 saturated carbocycles. The Kier molecular flexibility index (Phi) is 7.06. The van der Waals surface area contributed by atoms with Crippen molar-refractivity contribution in [1.82, 2.24) is 0 Å². The number of Topliss-reactive ketones (excluding diaryl/α,β-unsaturated/α-hetero) is 1. The Balaban J connectivity index is 1.81. The molecule has 37 heavy (non-hydrogen) atoms. The highest BCUT2D eigenvalue weighted by Crippen LogP contribution is 2.72. The van der Waals surface area contributed by atoms with Crippen molar-refractivity contribution in [3.05, 3.63) is 23.6 Å². The van der Waals surface area contributed by atoms with E-state index in [2.05, 4.69) is 0 Å². The summed E-state index contributed by atoms with van der Waals surface area (Å²) in [5.74, 6) is -6.25. The number of carbonyl (C=O) groups is 3. The molecule has 0 spiro atoms. The van der Waals surface area contributed by atoms with E-state index >= 15 is 8.78 Å². The number of esters is 1. The number of unbranched alkanes of at least 4 members (excludes halogenated alkanes) is 2. The van der Waals surface area contributed by atoms with Crippen LogP contribution >= 0.6 is 0 Å². The molecule has 0 radical (unpaired) electrons. The van der Waals surface area contributed by atoms with Gasteiger partial charge in [-0.15, -0.1) is 0 Å². The average molecular weight is 527 g/mol. The van der Waals surface area contributed by atoms with Gasteiger partial charge in [0.05, 0.1) is 6.10 Å². The highest BCUT2D eigenvalue weighted by atomic mass is 19.2. The standard InChI is InChI=1S/C28H37F3O6/c1-5-6-7-8-22(36)37-28(21(35)14-32)15(2)11-16-17-12-18(29)23-24(30)19(33)9-10-25(23,3)27(17,31)20(34)13-26(16,28)4/h9-10,15-18,20,32,34H,5-8,11-14H2,1-4H3/t15-,16+,17+,18+,20+,25+,26+,27+,28+/m1/s1. The Morgan fingerprint density at radius 1 is 1.19 bits per heavy atom. The zero-order valence-corrected chi connectivity index (χ0v) is 21.9. The minimum atomic E-state index is -2.53. The van der Waals surface area contributed by atoms with Crippen LogP contribution in [0.2, 0.25) is 0 Å². The molecule has 4 aliphatic rings. The summed E-state index contributed by atoms with van der Waals surface area (Å²) >= 11 is 0. The molecule has 0 aliphatic heterocycles. The van der Waals surface area contributed by atoms with Crippen molar-refractivity contribution in [3.8, 4) is 0 Å². The summed E-state index contributed by atoms with van der Waals surface area (Å²) in [6.07, 6.45) is -0.0872. The van der Waals surface area contributed by atoms with Gasteiger partial charge in [-0.2, -0.15) is 0 Å². The van der Waals surface area contributed by atoms with E-state index < -0.39 is 94.1 Å². The fourth-order valence-corrected chi connectivity index (χ4v) is 8.35. The summed E-state index contributed by atoms with van der Waals surface area (Å²) in [6, 6.07) is 0. The molecule has 4 rings (SSSR count). The maximum Gasteiger partial charge on any atom is 0.306 e. The van der Waals surface area contributed by atoms with Crippen molar-refractivity contribution in [3.63, 3.8) is 0 Å². The SMILES string of the molecule is CCCCCC(=O)O[C@]1(C(=O)CO)[C@H](C)C[C@H]2[C@@H]3C[C@H](F)C4=C(F)C(=O)C=C[C@]4(C)[C@@]3(F)[C@@H](O)C[C@@]21C. The molecule has 0 saturated heterocycles. The first-order chi connectivity index (χ1) is 17.3. The lowest BCUT2D eigenvalue weighted by molar-refractivity contribution is -0.232. The molecule has 0 amide bonds. The average Bonchev–Trinajstić information content (AvgIpc) is 3.05. The fourth-order valence-electron chi connectivity index (χ4n) is 8.35. The minimum Gasteiger partial charge on any atom is -0.450 e. The predicted molar refractivity (Wildman–Crippen MR) is 128 cm³/mol. The number of aliphatic hydroxyl groups is 2. The second-order valence-corrected chi connectivity index (χ2v) is 11.8. The van der Waals surface area contributed by atoms with Crippen molar-refractivity contribution in [2.75, 3.05) is 6.61 Å². The Morgan fingerprint density at radius 3 is 2.49 bits per heavy atom. The van der Waals surface area contributed by atoms with E-state index in [1.54, 1.807) is 13.8 Å². The summed E-state index contributed by atoms with van der Waals surface area (Å²) in [4.78, 5) is 38.2. The highest BCUT2D eigenvalue weighted by Gasteiger charge is 2.78. The molecule has 0 bridgehead atoms. The molecule has 0 aromatic rings. The van der Waals surface area contributed by atoms with Gasteiger partial charge in [0.2, 0.25) is 11.6 Å². The number of ether oxygens (including phenoxy) is 1. The summed E-state index contributed by atoms with van der Waals surface area (Å²) in [6.45, 7) is 5.69. The van der Waals surface area contributed by atoms with E-state index in [1.807, 2.05) is 6.92 Å². The molecule has 6 nitrogen and oxygen atoms in total. The van der Waals surface area contributed by atoms with Gasteiger partial charge in [0.1, 0.15) is 12.8 Å². The van der Waals surface area contributed by atoms with Crippen molar-refractivity contribution >= 4 is 17.5 Å². The normalized spacial score (nSPS) is 44.8. The number of aliphatic hydroxyl groups excluding tert-OH is 2. The molecule has 0 aromatic carbocycles. The molecule has 9 atom stereocenters. The Bertz CT molecular complexity index is 1060. The van der Waals surface area contributed by atoms with E-state index in [9.17, 15) is 29.0 Å². The highest BCUT2D eigenvalue weighted by molar-refractivity contribution is 6.04. The third-order valence-corrected chi connectivity index (χ3v) is 10.1. The van der Waals surface area contributed by atoms with Crippen LogP contribution < -0.4 is 0 Å². The molecule has 0 unspecified atom stereocenters. The van der Waals surface area contributed by atoms with E-state index in [-0.39, 0.29) is 19.3 Å². The number of rotatable bonds is 7. The minimum absolute atomic E-state index is 0.0671. The van der Waals surface area contributed by atoms with Gasteiger partial charge in [-0.3, -0.25) is 14.4 Å². The summed E-state index contributed by atoms with van der Waals surface area (Å²) in [5, 5.41) is 21.3. The first kappa shape index (κ1) is 28.0. The Hall–Kier alpha value is -2.00. The number of hydrogen-bond donors (Lipinski definition) is 2. The van der Waals surface area contributed by atoms with Gasteiger partial charge in [0.15, 0.2) is 17.1 Å². The van der Waals surface area contributed by atoms with Gasteiger partial charge in [-0.1, -0.05) is 39.7 Å². The zero-order valence-electron chi connectivity index (χ0n) is 21.9. The maximum absolute atomic E-state index is 17.3. The number of allylic oxidation sites excluding steroid dienone is 4. The zero-order chi connectivity index (χ0) is 27.6. The van der Waals surface area contributed by atoms with E-state index in [4.69, 9.17) is 4.74 Å². The van der Waals surface area contributed by atoms with Crippen LogP contribution in [0.5, 0.6) is 0 Å². The van der Waals surface area contributed by atoms with Crippen molar-refractivity contribution in [2.24, 2.45) is 28.6 Å². The first-order valence-corrected chi connectivity index (χ1v) is 13.3. The first-order valence-electron chi connectivity index (χ1n) is 13.3. The molecule has 0 aromatic heterocycles. The number of halogens is 3. The number of fused-ring (bicyclic) bond motifs is 5. The van der Waals surface area contributed by atoms with Gasteiger partial charge >= 0.3 is 5.97 Å². The van der Waals surface area contributed by atoms with Crippen LogP contribution in [0.1, 0.15) is 72.6 Å². The number of ketones is 2. The van der Waals surface area contributed by atoms with E-state index in [1.165, 1.54) is 6.92 Å². The molecular weight excluding hydrogens is 489 g/mol. The molecule has 3 fully saturated rings. The maximum atomic E-state index is 17.3. The van der Waals surface area contributed by atoms with Gasteiger partial charge in [-0.25, -0.2) is 13.2 Å². The lowest BCUT2D eigenvalue weighted by Crippen LogP contribution is -2.71. The molecule has 2 N–H and O–H groups in total. The van der Waals surface area contributed by atoms with Crippen molar-refractivity contribution < 1.29 is 42.5 Å². The van der Waals surface area contributed by atoms with E-state index in [0.29, 0.717) is 6.42 Å². The third kappa shape index (κ3) is 3.55. The van der Waals surface area contributed by atoms with Gasteiger partial charge in [-0.05, 0) is 44.6 Å². The lowest BCUT2D eigenvalue weighted by atomic mass is 9.44. The van der Waals surface area contributed by atoms with Crippen molar-refractivity contribution in [2.45, 2.75) is 96.2 Å². The molecule has 206 valence electrons. The fraction of sp³-hybridized carbons (Fsp3) is 0.750. The lowest BCUT2D eigenvalue weighted by Gasteiger charge is -2.63. The van der Waals surface area contributed by atoms with Crippen LogP contribution in [0.15, 0.2) is 23.6 Å². The quantitative estimate of drug-likeness (QED) is 0.380. The number of hydrogen-bond acceptors (Lipinski definition) is 6. The van der Waals surface area contributed by atoms with Crippen LogP contribution in [0.25, 0.3) is 0 Å². The van der Waals surface area contributed by atoms with Crippen LogP contribution in [0, 0.1) is 28.6 Å². The molecule has 4 aliphatic carbocycles. The van der Waals surface area contributed by atoms with Gasteiger partial charge in [0.25, 0.3) is 0 Å². The van der Waals surface area contributed by atoms with Crippen LogP contribution in [0.4, 0.5) is 13.2 Å². The van der Waals surface area contributed by atoms with Crippen molar-refractivity contribution in [1.29, 1.82) is 0 Å². The second kappa shape index (κ2) is 9.33. The summed E-state index contributed by atoms with van der Waals surface area (Å²) in [7, 11) is 0. The second-order valence-electron chi connectivity index (χ2n) is 11.8. The topological polar surface area (TPSA) is 101 Å². The van der Waals surface area contributed by atoms with Gasteiger partial charge in [0, 0.05) is 34.7 Å². The number of alkyl halides is 2. The Labute approximate surface area is 215 Å². The van der Waals surface area contributed by atoms with Crippen LogP contribution in [-0.2, 0) is 19.1 Å². The smallest absolute Gasteiger partial charge is 0.306 e. The molecule has 0 heterocycles. The van der Waals surface area contributed by atoms with E-state index in [0.717, 1.165) is 25.0 Å². The summed E-state index contributed by atoms with van der Waals surface area (Å²) < 4.78 is 53.7. The Morgan fingerprint density at radius 2 is 1.86 bits per heavy atom. The third-order valence-electron chi connectivity index (χ3n) is 10.1. The van der Waals surface area contributed by atoms with Crippen LogP contribution in [0.3, 0.4) is 0 Å². The monoisotopic (exact) mass is 526 g/mol. The molecular formula is C28H37F3O6. The largest absolute Gasteiger partial charge is 0.450 e. The van der Waals surface area contributed by atoms with Gasteiger partial charge < -0.3 is 14.9 Å². The summed E-state index contributed by atoms with van der Waals surface area (Å²) in [5.41, 5.74) is -8.18. The predicted octanol–water partition coefficient (Wildman–Crippen LogP) is 4.27. The number of carbonyl (C=O) groups excluding carboxylic acids is 3. The van der Waals surface area contributed by atoms with Crippen LogP contribution in [-0.4, -0.2) is 57.9 Å². The molecule has 9 heteroatoms.